The van der Waals surface area contributed by atoms with Crippen LogP contribution < -0.4 is 5.32 Å². The van der Waals surface area contributed by atoms with Crippen molar-refractivity contribution < 1.29 is 14.3 Å². The van der Waals surface area contributed by atoms with Gasteiger partial charge >= 0.3 is 6.09 Å². The molecule has 0 radical (unpaired) electrons. The first-order chi connectivity index (χ1) is 6.63. The third-order valence-electron chi connectivity index (χ3n) is 2.67. The van der Waals surface area contributed by atoms with Crippen molar-refractivity contribution in [2.45, 2.75) is 52.7 Å². The van der Waals surface area contributed by atoms with E-state index in [1.807, 2.05) is 34.6 Å². The monoisotopic (exact) mass is 213 g/mol. The number of Topliss-reactive ketones (excluding diaryl/α,β-unsaturated/α-hetero) is 1. The summed E-state index contributed by atoms with van der Waals surface area (Å²) in [5.74, 6) is 0.184. The Balaban J connectivity index is 2.45. The Bertz CT molecular complexity index is 289. The van der Waals surface area contributed by atoms with Gasteiger partial charge in [0.25, 0.3) is 0 Å². The van der Waals surface area contributed by atoms with Gasteiger partial charge in [-0.3, -0.25) is 4.79 Å². The molecule has 0 saturated heterocycles. The molecule has 0 heterocycles. The van der Waals surface area contributed by atoms with E-state index in [-0.39, 0.29) is 11.8 Å². The summed E-state index contributed by atoms with van der Waals surface area (Å²) in [4.78, 5) is 22.6. The number of carbonyl (C=O) groups is 2. The molecular formula is C11H19NO3. The zero-order valence-electron chi connectivity index (χ0n) is 10.0. The van der Waals surface area contributed by atoms with Crippen molar-refractivity contribution in [1.82, 2.24) is 5.32 Å². The lowest BCUT2D eigenvalue weighted by Crippen LogP contribution is -2.59. The fourth-order valence-corrected chi connectivity index (χ4v) is 1.45. The molecule has 15 heavy (non-hydrogen) atoms. The van der Waals surface area contributed by atoms with Crippen LogP contribution in [0.4, 0.5) is 4.79 Å². The van der Waals surface area contributed by atoms with E-state index in [1.54, 1.807) is 0 Å². The molecule has 4 nitrogen and oxygen atoms in total. The SMILES string of the molecule is CC(C)(C)OC(=O)N[C@@H]1CC(=O)C1(C)C. The molecule has 1 saturated carbocycles. The molecule has 0 spiro atoms. The van der Waals surface area contributed by atoms with Crippen molar-refractivity contribution >= 4 is 11.9 Å². The maximum absolute atomic E-state index is 11.4. The van der Waals surface area contributed by atoms with Gasteiger partial charge in [-0.25, -0.2) is 4.79 Å². The van der Waals surface area contributed by atoms with Gasteiger partial charge in [-0.05, 0) is 20.8 Å². The molecular weight excluding hydrogens is 194 g/mol. The normalized spacial score (nSPS) is 24.3. The van der Waals surface area contributed by atoms with Gasteiger partial charge in [-0.15, -0.1) is 0 Å². The van der Waals surface area contributed by atoms with Gasteiger partial charge in [-0.1, -0.05) is 13.8 Å². The minimum Gasteiger partial charge on any atom is -0.444 e. The van der Waals surface area contributed by atoms with Crippen molar-refractivity contribution in [1.29, 1.82) is 0 Å². The summed E-state index contributed by atoms with van der Waals surface area (Å²) in [6.45, 7) is 9.10. The molecule has 0 aliphatic heterocycles. The highest BCUT2D eigenvalue weighted by Crippen LogP contribution is 2.36. The maximum atomic E-state index is 11.4. The van der Waals surface area contributed by atoms with Gasteiger partial charge < -0.3 is 10.1 Å². The Kier molecular flexibility index (Phi) is 2.81. The van der Waals surface area contributed by atoms with Crippen LogP contribution in [0.5, 0.6) is 0 Å². The predicted octanol–water partition coefficient (Wildman–Crippen LogP) is 1.88. The first kappa shape index (κ1) is 12.0. The lowest BCUT2D eigenvalue weighted by Gasteiger charge is -2.42. The zero-order valence-corrected chi connectivity index (χ0v) is 10.0. The number of alkyl carbamates (subject to hydrolysis) is 1. The number of amides is 1. The number of ether oxygens (including phenoxy) is 1. The number of ketones is 1. The Labute approximate surface area is 90.4 Å². The van der Waals surface area contributed by atoms with E-state index in [0.29, 0.717) is 6.42 Å². The summed E-state index contributed by atoms with van der Waals surface area (Å²) in [7, 11) is 0. The number of nitrogens with one attached hydrogen (secondary N) is 1. The summed E-state index contributed by atoms with van der Waals surface area (Å²) >= 11 is 0. The number of carbonyl (C=O) groups excluding carboxylic acids is 2. The van der Waals surface area contributed by atoms with E-state index < -0.39 is 17.1 Å². The van der Waals surface area contributed by atoms with Crippen molar-refractivity contribution in [2.24, 2.45) is 5.41 Å². The highest BCUT2D eigenvalue weighted by atomic mass is 16.6. The fraction of sp³-hybridized carbons (Fsp3) is 0.818. The summed E-state index contributed by atoms with van der Waals surface area (Å²) in [5, 5.41) is 2.71. The molecule has 4 heteroatoms. The molecule has 1 rings (SSSR count). The highest BCUT2D eigenvalue weighted by Gasteiger charge is 2.48. The Hall–Kier alpha value is -1.06. The lowest BCUT2D eigenvalue weighted by atomic mass is 9.66. The molecule has 86 valence electrons. The van der Waals surface area contributed by atoms with Crippen molar-refractivity contribution in [2.75, 3.05) is 0 Å². The molecule has 1 N–H and O–H groups in total. The molecule has 1 aliphatic carbocycles. The molecule has 1 fully saturated rings. The number of rotatable bonds is 1. The van der Waals surface area contributed by atoms with Crippen LogP contribution in [0.1, 0.15) is 41.0 Å². The van der Waals surface area contributed by atoms with Crippen molar-refractivity contribution in [3.63, 3.8) is 0 Å². The van der Waals surface area contributed by atoms with E-state index in [1.165, 1.54) is 0 Å². The minimum atomic E-state index is -0.498. The van der Waals surface area contributed by atoms with E-state index >= 15 is 0 Å². The van der Waals surface area contributed by atoms with Gasteiger partial charge in [0.05, 0.1) is 6.04 Å². The number of hydrogen-bond acceptors (Lipinski definition) is 3. The van der Waals surface area contributed by atoms with E-state index in [2.05, 4.69) is 5.32 Å². The van der Waals surface area contributed by atoms with Gasteiger partial charge in [0.2, 0.25) is 0 Å². The minimum absolute atomic E-state index is 0.0974. The molecule has 0 aromatic carbocycles. The quantitative estimate of drug-likeness (QED) is 0.723. The van der Waals surface area contributed by atoms with E-state index in [9.17, 15) is 9.59 Å². The Morgan fingerprint density at radius 1 is 1.47 bits per heavy atom. The molecule has 1 amide bonds. The van der Waals surface area contributed by atoms with Crippen LogP contribution in [0.25, 0.3) is 0 Å². The summed E-state index contributed by atoms with van der Waals surface area (Å²) < 4.78 is 5.11. The molecule has 0 bridgehead atoms. The van der Waals surface area contributed by atoms with Crippen LogP contribution >= 0.6 is 0 Å². The number of hydrogen-bond donors (Lipinski definition) is 1. The van der Waals surface area contributed by atoms with Gasteiger partial charge in [0.15, 0.2) is 0 Å². The standard InChI is InChI=1S/C11H19NO3/c1-10(2,3)15-9(14)12-7-6-8(13)11(7,4)5/h7H,6H2,1-5H3,(H,12,14)/t7-/m1/s1. The maximum Gasteiger partial charge on any atom is 0.407 e. The van der Waals surface area contributed by atoms with Crippen LogP contribution in [0.2, 0.25) is 0 Å². The Morgan fingerprint density at radius 2 is 2.00 bits per heavy atom. The first-order valence-electron chi connectivity index (χ1n) is 5.16. The third-order valence-corrected chi connectivity index (χ3v) is 2.67. The highest BCUT2D eigenvalue weighted by molar-refractivity contribution is 5.93. The largest absolute Gasteiger partial charge is 0.444 e. The van der Waals surface area contributed by atoms with Crippen molar-refractivity contribution in [3.8, 4) is 0 Å². The second-order valence-corrected chi connectivity index (χ2v) is 5.55. The Morgan fingerprint density at radius 3 is 2.33 bits per heavy atom. The average Bonchev–Trinajstić information content (AvgIpc) is 2.00. The second kappa shape index (κ2) is 3.51. The van der Waals surface area contributed by atoms with Gasteiger partial charge in [0, 0.05) is 11.8 Å². The predicted molar refractivity (Wildman–Crippen MR) is 56.6 cm³/mol. The molecule has 1 aliphatic rings. The van der Waals surface area contributed by atoms with Crippen LogP contribution in [-0.4, -0.2) is 23.5 Å². The van der Waals surface area contributed by atoms with Crippen LogP contribution in [0, 0.1) is 5.41 Å². The molecule has 0 aromatic heterocycles. The van der Waals surface area contributed by atoms with E-state index in [4.69, 9.17) is 4.74 Å². The second-order valence-electron chi connectivity index (χ2n) is 5.55. The lowest BCUT2D eigenvalue weighted by molar-refractivity contribution is -0.138. The molecule has 0 aromatic rings. The third kappa shape index (κ3) is 2.70. The first-order valence-corrected chi connectivity index (χ1v) is 5.16. The zero-order chi connectivity index (χ0) is 11.9. The van der Waals surface area contributed by atoms with Gasteiger partial charge in [-0.2, -0.15) is 0 Å². The summed E-state index contributed by atoms with van der Waals surface area (Å²) in [5.41, 5.74) is -0.946. The summed E-state index contributed by atoms with van der Waals surface area (Å²) in [6.07, 6.45) is -0.0419. The van der Waals surface area contributed by atoms with Crippen molar-refractivity contribution in [3.05, 3.63) is 0 Å². The smallest absolute Gasteiger partial charge is 0.407 e. The summed E-state index contributed by atoms with van der Waals surface area (Å²) in [6, 6.07) is -0.0974. The van der Waals surface area contributed by atoms with Gasteiger partial charge in [0.1, 0.15) is 11.4 Å². The van der Waals surface area contributed by atoms with Crippen LogP contribution in [0.15, 0.2) is 0 Å². The van der Waals surface area contributed by atoms with Crippen LogP contribution in [-0.2, 0) is 9.53 Å². The van der Waals surface area contributed by atoms with E-state index in [0.717, 1.165) is 0 Å². The average molecular weight is 213 g/mol. The molecule has 1 atom stereocenters. The molecule has 0 unspecified atom stereocenters. The fourth-order valence-electron chi connectivity index (χ4n) is 1.45. The topological polar surface area (TPSA) is 55.4 Å². The van der Waals surface area contributed by atoms with Crippen LogP contribution in [0.3, 0.4) is 0 Å².